The minimum atomic E-state index is -0.934. The third-order valence-corrected chi connectivity index (χ3v) is 5.48. The lowest BCUT2D eigenvalue weighted by Crippen LogP contribution is -2.09. The Morgan fingerprint density at radius 1 is 1.00 bits per heavy atom. The Morgan fingerprint density at radius 2 is 1.71 bits per heavy atom. The Morgan fingerprint density at radius 3 is 2.46 bits per heavy atom. The molecule has 6 heteroatoms. The first-order valence-corrected chi connectivity index (χ1v) is 9.68. The Labute approximate surface area is 167 Å². The van der Waals surface area contributed by atoms with Crippen LogP contribution in [0.15, 0.2) is 84.0 Å². The van der Waals surface area contributed by atoms with Gasteiger partial charge in [0, 0.05) is 11.1 Å². The van der Waals surface area contributed by atoms with Gasteiger partial charge in [0.15, 0.2) is 0 Å². The first-order valence-electron chi connectivity index (χ1n) is 8.80. The average molecular weight is 390 g/mol. The fourth-order valence-corrected chi connectivity index (χ4v) is 3.89. The molecule has 0 amide bonds. The number of ether oxygens (including phenoxy) is 1. The highest BCUT2D eigenvalue weighted by molar-refractivity contribution is 8.14. The van der Waals surface area contributed by atoms with Gasteiger partial charge in [-0.3, -0.25) is 5.43 Å². The number of carbonyl (C=O) groups is 1. The van der Waals surface area contributed by atoms with Gasteiger partial charge in [-0.1, -0.05) is 72.4 Å². The van der Waals surface area contributed by atoms with Crippen LogP contribution in [0.1, 0.15) is 32.4 Å². The molecule has 1 aliphatic rings. The summed E-state index contributed by atoms with van der Waals surface area (Å²) >= 11 is 1.65. The molecular formula is C22H18N2O3S. The lowest BCUT2D eigenvalue weighted by Gasteiger charge is -2.16. The Kier molecular flexibility index (Phi) is 5.30. The predicted octanol–water partition coefficient (Wildman–Crippen LogP) is 4.66. The number of rotatable bonds is 6. The Balaban J connectivity index is 1.45. The lowest BCUT2D eigenvalue weighted by atomic mass is 10.1. The van der Waals surface area contributed by atoms with Crippen LogP contribution >= 0.6 is 11.8 Å². The zero-order chi connectivity index (χ0) is 19.3. The largest absolute Gasteiger partial charge is 0.489 e. The third-order valence-electron chi connectivity index (χ3n) is 4.33. The molecular weight excluding hydrogens is 372 g/mol. The average Bonchev–Trinajstić information content (AvgIpc) is 3.23. The molecule has 0 saturated carbocycles. The highest BCUT2D eigenvalue weighted by Gasteiger charge is 2.24. The molecule has 4 rings (SSSR count). The van der Waals surface area contributed by atoms with Gasteiger partial charge in [0.05, 0.1) is 5.56 Å². The van der Waals surface area contributed by atoms with Crippen LogP contribution < -0.4 is 10.2 Å². The summed E-state index contributed by atoms with van der Waals surface area (Å²) in [6.45, 7) is 0.362. The van der Waals surface area contributed by atoms with Gasteiger partial charge < -0.3 is 9.84 Å². The molecule has 2 N–H and O–H groups in total. The van der Waals surface area contributed by atoms with Crippen LogP contribution in [-0.4, -0.2) is 16.1 Å². The summed E-state index contributed by atoms with van der Waals surface area (Å²) in [5.41, 5.74) is 6.46. The van der Waals surface area contributed by atoms with Crippen molar-refractivity contribution in [3.8, 4) is 5.75 Å². The maximum absolute atomic E-state index is 11.0. The van der Waals surface area contributed by atoms with Gasteiger partial charge in [0.2, 0.25) is 0 Å². The number of para-hydroxylation sites is 1. The lowest BCUT2D eigenvalue weighted by molar-refractivity contribution is 0.0697. The van der Waals surface area contributed by atoms with Crippen molar-refractivity contribution < 1.29 is 14.6 Å². The minimum absolute atomic E-state index is 0.0270. The molecule has 28 heavy (non-hydrogen) atoms. The molecule has 0 aliphatic carbocycles. The molecule has 0 bridgehead atoms. The van der Waals surface area contributed by atoms with E-state index in [1.165, 1.54) is 0 Å². The maximum atomic E-state index is 11.0. The molecule has 3 aromatic carbocycles. The number of nitrogens with zero attached hydrogens (tertiary/aromatic N) is 1. The molecule has 140 valence electrons. The highest BCUT2D eigenvalue weighted by atomic mass is 32.2. The zero-order valence-electron chi connectivity index (χ0n) is 14.9. The molecule has 0 saturated heterocycles. The van der Waals surface area contributed by atoms with Gasteiger partial charge in [-0.05, 0) is 23.8 Å². The number of carboxylic acid groups (broad SMARTS) is 1. The number of aromatic carboxylic acids is 1. The standard InChI is InChI=1S/C22H18N2O3S/c25-22(26)17-12-10-15(11-13-17)14-27-19-9-5-4-8-18(19)21-24-23-20(28-21)16-6-2-1-3-7-16/h1-13,21,24H,14H2,(H,25,26). The van der Waals surface area contributed by atoms with E-state index in [-0.39, 0.29) is 10.9 Å². The molecule has 1 unspecified atom stereocenters. The quantitative estimate of drug-likeness (QED) is 0.640. The Bertz CT molecular complexity index is 1000. The second-order valence-corrected chi connectivity index (χ2v) is 7.33. The first-order chi connectivity index (χ1) is 13.7. The van der Waals surface area contributed by atoms with Gasteiger partial charge in [-0.25, -0.2) is 4.79 Å². The van der Waals surface area contributed by atoms with Crippen LogP contribution in [-0.2, 0) is 6.61 Å². The second-order valence-electron chi connectivity index (χ2n) is 6.24. The van der Waals surface area contributed by atoms with E-state index in [4.69, 9.17) is 9.84 Å². The van der Waals surface area contributed by atoms with E-state index in [1.807, 2.05) is 54.6 Å². The SMILES string of the molecule is O=C(O)c1ccc(COc2ccccc2C2NN=C(c3ccccc3)S2)cc1. The van der Waals surface area contributed by atoms with Crippen molar-refractivity contribution in [2.24, 2.45) is 5.10 Å². The first kappa shape index (κ1) is 18.1. The van der Waals surface area contributed by atoms with Crippen LogP contribution in [0, 0.1) is 0 Å². The normalized spacial score (nSPS) is 15.6. The van der Waals surface area contributed by atoms with Crippen molar-refractivity contribution in [3.63, 3.8) is 0 Å². The number of thioether (sulfide) groups is 1. The number of hydrogen-bond acceptors (Lipinski definition) is 5. The summed E-state index contributed by atoms with van der Waals surface area (Å²) in [6, 6.07) is 24.6. The molecule has 3 aromatic rings. The van der Waals surface area contributed by atoms with E-state index < -0.39 is 5.97 Å². The summed E-state index contributed by atoms with van der Waals surface area (Å²) in [5.74, 6) is -0.157. The number of carboxylic acids is 1. The summed E-state index contributed by atoms with van der Waals surface area (Å²) in [4.78, 5) is 11.0. The molecule has 0 fully saturated rings. The molecule has 1 heterocycles. The maximum Gasteiger partial charge on any atom is 0.335 e. The van der Waals surface area contributed by atoms with E-state index in [1.54, 1.807) is 36.0 Å². The van der Waals surface area contributed by atoms with Crippen LogP contribution in [0.2, 0.25) is 0 Å². The van der Waals surface area contributed by atoms with Crippen molar-refractivity contribution in [2.75, 3.05) is 0 Å². The van der Waals surface area contributed by atoms with Gasteiger partial charge >= 0.3 is 5.97 Å². The fourth-order valence-electron chi connectivity index (χ4n) is 2.86. The van der Waals surface area contributed by atoms with Crippen LogP contribution in [0.25, 0.3) is 0 Å². The number of hydrazone groups is 1. The minimum Gasteiger partial charge on any atom is -0.489 e. The molecule has 1 aliphatic heterocycles. The zero-order valence-corrected chi connectivity index (χ0v) is 15.7. The summed E-state index contributed by atoms with van der Waals surface area (Å²) < 4.78 is 6.03. The van der Waals surface area contributed by atoms with Crippen molar-refractivity contribution in [3.05, 3.63) is 101 Å². The molecule has 1 atom stereocenters. The van der Waals surface area contributed by atoms with Gasteiger partial charge in [-0.15, -0.1) is 0 Å². The molecule has 0 spiro atoms. The van der Waals surface area contributed by atoms with E-state index in [2.05, 4.69) is 10.5 Å². The van der Waals surface area contributed by atoms with Crippen LogP contribution in [0.3, 0.4) is 0 Å². The number of benzene rings is 3. The van der Waals surface area contributed by atoms with Crippen molar-refractivity contribution in [1.82, 2.24) is 5.43 Å². The second kappa shape index (κ2) is 8.19. The van der Waals surface area contributed by atoms with Gasteiger partial charge in [0.25, 0.3) is 0 Å². The fraction of sp³-hybridized carbons (Fsp3) is 0.0909. The topological polar surface area (TPSA) is 70.9 Å². The van der Waals surface area contributed by atoms with E-state index >= 15 is 0 Å². The van der Waals surface area contributed by atoms with Crippen LogP contribution in [0.5, 0.6) is 5.75 Å². The molecule has 5 nitrogen and oxygen atoms in total. The Hall–Kier alpha value is -3.25. The van der Waals surface area contributed by atoms with Crippen LogP contribution in [0.4, 0.5) is 0 Å². The van der Waals surface area contributed by atoms with E-state index in [0.717, 1.165) is 27.5 Å². The van der Waals surface area contributed by atoms with E-state index in [9.17, 15) is 4.79 Å². The summed E-state index contributed by atoms with van der Waals surface area (Å²) in [7, 11) is 0. The summed E-state index contributed by atoms with van der Waals surface area (Å²) in [5, 5.41) is 14.4. The van der Waals surface area contributed by atoms with Crippen molar-refractivity contribution in [2.45, 2.75) is 12.0 Å². The summed E-state index contributed by atoms with van der Waals surface area (Å²) in [6.07, 6.45) is 0. The predicted molar refractivity (Wildman–Crippen MR) is 111 cm³/mol. The number of hydrogen-bond donors (Lipinski definition) is 2. The van der Waals surface area contributed by atoms with Crippen molar-refractivity contribution in [1.29, 1.82) is 0 Å². The van der Waals surface area contributed by atoms with Gasteiger partial charge in [0.1, 0.15) is 22.8 Å². The third kappa shape index (κ3) is 4.02. The molecule has 0 radical (unpaired) electrons. The highest BCUT2D eigenvalue weighted by Crippen LogP contribution is 2.38. The van der Waals surface area contributed by atoms with Gasteiger partial charge in [-0.2, -0.15) is 5.10 Å². The van der Waals surface area contributed by atoms with E-state index in [0.29, 0.717) is 6.61 Å². The molecule has 0 aromatic heterocycles. The monoisotopic (exact) mass is 390 g/mol. The number of nitrogens with one attached hydrogen (secondary N) is 1. The van der Waals surface area contributed by atoms with Crippen molar-refractivity contribution >= 4 is 22.8 Å². The smallest absolute Gasteiger partial charge is 0.335 e.